The summed E-state index contributed by atoms with van der Waals surface area (Å²) in [6, 6.07) is 27.8. The van der Waals surface area contributed by atoms with Gasteiger partial charge in [-0.3, -0.25) is 9.20 Å². The Labute approximate surface area is 207 Å². The predicted octanol–water partition coefficient (Wildman–Crippen LogP) is 7.49. The van der Waals surface area contributed by atoms with E-state index in [1.165, 1.54) is 11.3 Å². The van der Waals surface area contributed by atoms with Crippen LogP contribution in [0.1, 0.15) is 22.6 Å². The molecular weight excluding hydrogens is 483 g/mol. The second-order valence-electron chi connectivity index (χ2n) is 8.43. The van der Waals surface area contributed by atoms with E-state index in [1.807, 2.05) is 84.9 Å². The lowest BCUT2D eigenvalue weighted by molar-refractivity contribution is -0.137. The number of alkyl halides is 3. The third-order valence-corrected chi connectivity index (χ3v) is 7.24. The van der Waals surface area contributed by atoms with Crippen molar-refractivity contribution in [2.75, 3.05) is 5.32 Å². The van der Waals surface area contributed by atoms with Gasteiger partial charge in [-0.15, -0.1) is 0 Å². The fraction of sp³-hybridized carbons (Fsp3) is 0.0714. The van der Waals surface area contributed by atoms with Gasteiger partial charge < -0.3 is 5.32 Å². The summed E-state index contributed by atoms with van der Waals surface area (Å²) in [6.07, 6.45) is -4.59. The van der Waals surface area contributed by atoms with Crippen LogP contribution in [0.25, 0.3) is 26.2 Å². The van der Waals surface area contributed by atoms with Crippen molar-refractivity contribution >= 4 is 49.1 Å². The van der Waals surface area contributed by atoms with Crippen molar-refractivity contribution in [2.24, 2.45) is 0 Å². The summed E-state index contributed by atoms with van der Waals surface area (Å²) >= 11 is 1.25. The minimum atomic E-state index is -4.59. The number of carbonyl (C=O) groups excluding carboxylic acids is 1. The monoisotopic (exact) mass is 501 g/mol. The molecule has 0 bridgehead atoms. The van der Waals surface area contributed by atoms with Gasteiger partial charge in [-0.25, -0.2) is 4.98 Å². The molecule has 0 saturated heterocycles. The summed E-state index contributed by atoms with van der Waals surface area (Å²) in [6.45, 7) is 0. The minimum absolute atomic E-state index is 0.112. The van der Waals surface area contributed by atoms with Crippen molar-refractivity contribution in [3.05, 3.63) is 114 Å². The highest BCUT2D eigenvalue weighted by atomic mass is 32.1. The van der Waals surface area contributed by atoms with Crippen LogP contribution in [0.5, 0.6) is 0 Å². The molecule has 0 saturated carbocycles. The van der Waals surface area contributed by atoms with E-state index in [2.05, 4.69) is 10.3 Å². The Hall–Kier alpha value is -4.17. The molecule has 0 radical (unpaired) electrons. The average Bonchev–Trinajstić information content (AvgIpc) is 3.41. The maximum atomic E-state index is 13.9. The van der Waals surface area contributed by atoms with Gasteiger partial charge in [-0.05, 0) is 35.4 Å². The average molecular weight is 502 g/mol. The molecule has 6 rings (SSSR count). The van der Waals surface area contributed by atoms with E-state index in [4.69, 9.17) is 0 Å². The minimum Gasteiger partial charge on any atom is -0.324 e. The van der Waals surface area contributed by atoms with Gasteiger partial charge >= 0.3 is 6.18 Å². The number of nitrogens with zero attached hydrogens (tertiary/aromatic N) is 2. The number of thiazole rings is 1. The number of nitrogens with one attached hydrogen (secondary N) is 1. The van der Waals surface area contributed by atoms with E-state index >= 15 is 0 Å². The van der Waals surface area contributed by atoms with Crippen LogP contribution in [0, 0.1) is 0 Å². The zero-order chi connectivity index (χ0) is 24.9. The van der Waals surface area contributed by atoms with E-state index < -0.39 is 23.6 Å². The number of anilines is 1. The van der Waals surface area contributed by atoms with Crippen LogP contribution >= 0.6 is 11.3 Å². The third-order valence-electron chi connectivity index (χ3n) is 6.15. The maximum absolute atomic E-state index is 13.9. The van der Waals surface area contributed by atoms with Gasteiger partial charge in [0.25, 0.3) is 0 Å². The Morgan fingerprint density at radius 3 is 2.08 bits per heavy atom. The summed E-state index contributed by atoms with van der Waals surface area (Å²) in [4.78, 5) is 18.8. The molecule has 4 nitrogen and oxygen atoms in total. The summed E-state index contributed by atoms with van der Waals surface area (Å²) in [5.41, 5.74) is 2.53. The Morgan fingerprint density at radius 2 is 1.44 bits per heavy atom. The largest absolute Gasteiger partial charge is 0.416 e. The number of rotatable bonds is 4. The Bertz CT molecular complexity index is 1680. The number of fused-ring (bicyclic) bond motifs is 5. The summed E-state index contributed by atoms with van der Waals surface area (Å²) in [7, 11) is 0. The molecule has 0 fully saturated rings. The molecule has 0 aliphatic carbocycles. The first-order valence-electron chi connectivity index (χ1n) is 11.2. The number of imidazole rings is 1. The predicted molar refractivity (Wildman–Crippen MR) is 136 cm³/mol. The SMILES string of the molecule is O=C(Nc1cc(C(F)(F)F)cc2c1sc1nc3ccccc3n12)C(c1ccccc1)c1ccccc1. The highest BCUT2D eigenvalue weighted by Crippen LogP contribution is 2.41. The van der Waals surface area contributed by atoms with Gasteiger partial charge in [0.1, 0.15) is 0 Å². The fourth-order valence-electron chi connectivity index (χ4n) is 4.53. The molecule has 6 aromatic rings. The zero-order valence-corrected chi connectivity index (χ0v) is 19.5. The third kappa shape index (κ3) is 3.79. The van der Waals surface area contributed by atoms with Gasteiger partial charge in [0.05, 0.1) is 38.4 Å². The van der Waals surface area contributed by atoms with Crippen LogP contribution in [-0.2, 0) is 11.0 Å². The number of hydrogen-bond acceptors (Lipinski definition) is 3. The molecule has 1 N–H and O–H groups in total. The quantitative estimate of drug-likeness (QED) is 0.272. The number of hydrogen-bond donors (Lipinski definition) is 1. The molecule has 4 aromatic carbocycles. The van der Waals surface area contributed by atoms with Gasteiger partial charge in [0.2, 0.25) is 5.91 Å². The van der Waals surface area contributed by atoms with Crippen LogP contribution in [0.4, 0.5) is 18.9 Å². The fourth-order valence-corrected chi connectivity index (χ4v) is 5.62. The number of para-hydroxylation sites is 2. The first kappa shape index (κ1) is 22.3. The van der Waals surface area contributed by atoms with Gasteiger partial charge in [0.15, 0.2) is 4.96 Å². The zero-order valence-electron chi connectivity index (χ0n) is 18.7. The second kappa shape index (κ2) is 8.49. The van der Waals surface area contributed by atoms with Crippen molar-refractivity contribution in [1.29, 1.82) is 0 Å². The highest BCUT2D eigenvalue weighted by molar-refractivity contribution is 7.24. The van der Waals surface area contributed by atoms with Crippen molar-refractivity contribution in [3.8, 4) is 0 Å². The number of carbonyl (C=O) groups is 1. The van der Waals surface area contributed by atoms with Crippen LogP contribution in [0.3, 0.4) is 0 Å². The van der Waals surface area contributed by atoms with Crippen molar-refractivity contribution in [3.63, 3.8) is 0 Å². The van der Waals surface area contributed by atoms with E-state index in [0.29, 0.717) is 26.2 Å². The van der Waals surface area contributed by atoms with Gasteiger partial charge in [-0.2, -0.15) is 13.2 Å². The smallest absolute Gasteiger partial charge is 0.324 e. The Kier molecular flexibility index (Phi) is 5.26. The normalized spacial score (nSPS) is 12.1. The lowest BCUT2D eigenvalue weighted by Crippen LogP contribution is -2.22. The summed E-state index contributed by atoms with van der Waals surface area (Å²) < 4.78 is 44.0. The standard InChI is InChI=1S/C28H18F3N3OS/c29-28(30,31)19-15-21(25-23(16-19)34-22-14-8-7-13-20(22)33-27(34)36-25)32-26(35)24(17-9-3-1-4-10-17)18-11-5-2-6-12-18/h1-16,24H,(H,32,35). The molecule has 0 aliphatic heterocycles. The molecule has 0 spiro atoms. The van der Waals surface area contributed by atoms with Gasteiger partial charge in [0, 0.05) is 0 Å². The molecule has 0 atom stereocenters. The molecule has 2 heterocycles. The molecule has 0 unspecified atom stereocenters. The molecule has 8 heteroatoms. The van der Waals surface area contributed by atoms with Crippen molar-refractivity contribution in [2.45, 2.75) is 12.1 Å². The lowest BCUT2D eigenvalue weighted by Gasteiger charge is -2.19. The molecule has 2 aromatic heterocycles. The van der Waals surface area contributed by atoms with Gasteiger partial charge in [-0.1, -0.05) is 84.1 Å². The molecule has 0 aliphatic rings. The first-order chi connectivity index (χ1) is 17.4. The highest BCUT2D eigenvalue weighted by Gasteiger charge is 2.33. The number of amides is 1. The topological polar surface area (TPSA) is 46.4 Å². The number of benzene rings is 4. The maximum Gasteiger partial charge on any atom is 0.416 e. The van der Waals surface area contributed by atoms with E-state index in [9.17, 15) is 18.0 Å². The van der Waals surface area contributed by atoms with Crippen LogP contribution in [0.15, 0.2) is 97.1 Å². The van der Waals surface area contributed by atoms with Crippen molar-refractivity contribution < 1.29 is 18.0 Å². The lowest BCUT2D eigenvalue weighted by atomic mass is 9.90. The molecular formula is C28H18F3N3OS. The first-order valence-corrected chi connectivity index (χ1v) is 12.0. The molecule has 1 amide bonds. The van der Waals surface area contributed by atoms with E-state index in [1.54, 1.807) is 4.40 Å². The Morgan fingerprint density at radius 1 is 0.833 bits per heavy atom. The molecule has 36 heavy (non-hydrogen) atoms. The van der Waals surface area contributed by atoms with Crippen LogP contribution in [-0.4, -0.2) is 15.3 Å². The van der Waals surface area contributed by atoms with Crippen LogP contribution < -0.4 is 5.32 Å². The van der Waals surface area contributed by atoms with E-state index in [0.717, 1.165) is 23.3 Å². The van der Waals surface area contributed by atoms with Crippen LogP contribution in [0.2, 0.25) is 0 Å². The number of aromatic nitrogens is 2. The second-order valence-corrected chi connectivity index (χ2v) is 9.41. The van der Waals surface area contributed by atoms with Crippen molar-refractivity contribution in [1.82, 2.24) is 9.38 Å². The summed E-state index contributed by atoms with van der Waals surface area (Å²) in [5, 5.41) is 2.82. The Balaban J connectivity index is 1.52. The molecule has 178 valence electrons. The number of halogens is 3. The van der Waals surface area contributed by atoms with E-state index in [-0.39, 0.29) is 5.69 Å². The summed E-state index contributed by atoms with van der Waals surface area (Å²) in [5.74, 6) is -1.11.